The highest BCUT2D eigenvalue weighted by atomic mass is 35.5. The molecule has 1 saturated heterocycles. The van der Waals surface area contributed by atoms with Gasteiger partial charge in [-0.05, 0) is 31.4 Å². The smallest absolute Gasteiger partial charge is 0.328 e. The van der Waals surface area contributed by atoms with Crippen LogP contribution < -0.4 is 0 Å². The van der Waals surface area contributed by atoms with Gasteiger partial charge < -0.3 is 9.64 Å². The Morgan fingerprint density at radius 2 is 2.21 bits per heavy atom. The standard InChI is InChI=1S/C13H15ClN2O3/c1-19-13(18)10-6-2-3-8-16(10)12(17)9-5-4-7-11(14)15-9/h4-5,7,10H,2-3,6,8H2,1H3. The van der Waals surface area contributed by atoms with Crippen LogP contribution in [0.25, 0.3) is 0 Å². The number of likely N-dealkylation sites (tertiary alicyclic amines) is 1. The Balaban J connectivity index is 2.22. The summed E-state index contributed by atoms with van der Waals surface area (Å²) < 4.78 is 4.75. The quantitative estimate of drug-likeness (QED) is 0.614. The number of carbonyl (C=O) groups is 2. The van der Waals surface area contributed by atoms with Gasteiger partial charge in [-0.15, -0.1) is 0 Å². The minimum Gasteiger partial charge on any atom is -0.467 e. The highest BCUT2D eigenvalue weighted by molar-refractivity contribution is 6.29. The SMILES string of the molecule is COC(=O)C1CCCCN1C(=O)c1cccc(Cl)n1. The molecule has 6 heteroatoms. The molecule has 1 atom stereocenters. The molecule has 102 valence electrons. The first-order valence-electron chi connectivity index (χ1n) is 6.15. The molecule has 2 heterocycles. The number of halogens is 1. The van der Waals surface area contributed by atoms with Crippen LogP contribution in [-0.4, -0.2) is 41.5 Å². The van der Waals surface area contributed by atoms with Crippen molar-refractivity contribution in [2.75, 3.05) is 13.7 Å². The predicted molar refractivity (Wildman–Crippen MR) is 69.9 cm³/mol. The molecule has 0 aliphatic carbocycles. The fourth-order valence-electron chi connectivity index (χ4n) is 2.23. The van der Waals surface area contributed by atoms with Crippen LogP contribution in [0, 0.1) is 0 Å². The van der Waals surface area contributed by atoms with Gasteiger partial charge in [0.15, 0.2) is 0 Å². The van der Waals surface area contributed by atoms with Crippen LogP contribution in [0.3, 0.4) is 0 Å². The highest BCUT2D eigenvalue weighted by Crippen LogP contribution is 2.20. The minimum atomic E-state index is -0.521. The van der Waals surface area contributed by atoms with Crippen molar-refractivity contribution in [3.05, 3.63) is 29.0 Å². The van der Waals surface area contributed by atoms with Gasteiger partial charge in [-0.1, -0.05) is 17.7 Å². The first-order valence-corrected chi connectivity index (χ1v) is 6.52. The predicted octanol–water partition coefficient (Wildman–Crippen LogP) is 1.90. The van der Waals surface area contributed by atoms with Crippen molar-refractivity contribution in [2.24, 2.45) is 0 Å². The van der Waals surface area contributed by atoms with Crippen molar-refractivity contribution in [1.82, 2.24) is 9.88 Å². The van der Waals surface area contributed by atoms with Crippen LogP contribution >= 0.6 is 11.6 Å². The number of ether oxygens (including phenoxy) is 1. The maximum Gasteiger partial charge on any atom is 0.328 e. The summed E-state index contributed by atoms with van der Waals surface area (Å²) in [4.78, 5) is 29.6. The molecular formula is C13H15ClN2O3. The summed E-state index contributed by atoms with van der Waals surface area (Å²) in [7, 11) is 1.33. The summed E-state index contributed by atoms with van der Waals surface area (Å²) in [6, 6.07) is 4.34. The van der Waals surface area contributed by atoms with Crippen molar-refractivity contribution in [3.8, 4) is 0 Å². The second-order valence-electron chi connectivity index (χ2n) is 4.38. The van der Waals surface area contributed by atoms with Crippen molar-refractivity contribution in [3.63, 3.8) is 0 Å². The molecule has 1 fully saturated rings. The van der Waals surface area contributed by atoms with E-state index in [2.05, 4.69) is 4.98 Å². The van der Waals surface area contributed by atoms with Crippen molar-refractivity contribution >= 4 is 23.5 Å². The third-order valence-electron chi connectivity index (χ3n) is 3.17. The molecule has 0 N–H and O–H groups in total. The molecule has 0 spiro atoms. The zero-order valence-corrected chi connectivity index (χ0v) is 11.4. The molecule has 1 aliphatic heterocycles. The van der Waals surface area contributed by atoms with Crippen LogP contribution in [0.5, 0.6) is 0 Å². The summed E-state index contributed by atoms with van der Waals surface area (Å²) in [6.07, 6.45) is 2.41. The number of rotatable bonds is 2. The van der Waals surface area contributed by atoms with E-state index < -0.39 is 6.04 Å². The second-order valence-corrected chi connectivity index (χ2v) is 4.77. The number of nitrogens with zero attached hydrogens (tertiary/aromatic N) is 2. The lowest BCUT2D eigenvalue weighted by atomic mass is 10.0. The average Bonchev–Trinajstić information content (AvgIpc) is 2.45. The first kappa shape index (κ1) is 13.8. The molecular weight excluding hydrogens is 268 g/mol. The molecule has 19 heavy (non-hydrogen) atoms. The van der Waals surface area contributed by atoms with Gasteiger partial charge in [-0.25, -0.2) is 9.78 Å². The molecule has 1 aliphatic rings. The molecule has 1 aromatic heterocycles. The average molecular weight is 283 g/mol. The normalized spacial score (nSPS) is 19.1. The highest BCUT2D eigenvalue weighted by Gasteiger charge is 2.33. The van der Waals surface area contributed by atoms with E-state index in [-0.39, 0.29) is 22.7 Å². The van der Waals surface area contributed by atoms with E-state index in [1.165, 1.54) is 12.0 Å². The molecule has 0 bridgehead atoms. The Bertz CT molecular complexity index is 493. The third kappa shape index (κ3) is 3.04. The van der Waals surface area contributed by atoms with E-state index in [0.29, 0.717) is 13.0 Å². The summed E-state index contributed by atoms with van der Waals surface area (Å²) >= 11 is 5.78. The summed E-state index contributed by atoms with van der Waals surface area (Å²) in [6.45, 7) is 0.535. The lowest BCUT2D eigenvalue weighted by molar-refractivity contribution is -0.147. The Morgan fingerprint density at radius 1 is 1.42 bits per heavy atom. The number of aromatic nitrogens is 1. The maximum atomic E-state index is 12.4. The van der Waals surface area contributed by atoms with Crippen molar-refractivity contribution < 1.29 is 14.3 Å². The van der Waals surface area contributed by atoms with E-state index in [0.717, 1.165) is 12.8 Å². The number of amides is 1. The third-order valence-corrected chi connectivity index (χ3v) is 3.38. The number of piperidine rings is 1. The van der Waals surface area contributed by atoms with Crippen LogP contribution in [0.15, 0.2) is 18.2 Å². The Labute approximate surface area is 116 Å². The zero-order valence-electron chi connectivity index (χ0n) is 10.6. The zero-order chi connectivity index (χ0) is 13.8. The number of carbonyl (C=O) groups excluding carboxylic acids is 2. The molecule has 5 nitrogen and oxygen atoms in total. The molecule has 1 aromatic rings. The van der Waals surface area contributed by atoms with Gasteiger partial charge in [0.25, 0.3) is 5.91 Å². The van der Waals surface area contributed by atoms with E-state index in [4.69, 9.17) is 16.3 Å². The van der Waals surface area contributed by atoms with E-state index >= 15 is 0 Å². The first-order chi connectivity index (χ1) is 9.13. The number of hydrogen-bond acceptors (Lipinski definition) is 4. The Morgan fingerprint density at radius 3 is 2.89 bits per heavy atom. The monoisotopic (exact) mass is 282 g/mol. The molecule has 1 amide bonds. The number of esters is 1. The lowest BCUT2D eigenvalue weighted by Crippen LogP contribution is -2.48. The fourth-order valence-corrected chi connectivity index (χ4v) is 2.39. The fraction of sp³-hybridized carbons (Fsp3) is 0.462. The summed E-state index contributed by atoms with van der Waals surface area (Å²) in [5, 5.41) is 0.262. The van der Waals surface area contributed by atoms with Gasteiger partial charge in [0.05, 0.1) is 7.11 Å². The van der Waals surface area contributed by atoms with Gasteiger partial charge >= 0.3 is 5.97 Å². The number of methoxy groups -OCH3 is 1. The molecule has 1 unspecified atom stereocenters. The second kappa shape index (κ2) is 6.02. The van der Waals surface area contributed by atoms with Crippen molar-refractivity contribution in [1.29, 1.82) is 0 Å². The molecule has 0 radical (unpaired) electrons. The Hall–Kier alpha value is -1.62. The lowest BCUT2D eigenvalue weighted by Gasteiger charge is -2.33. The van der Waals surface area contributed by atoms with Crippen LogP contribution in [0.2, 0.25) is 5.15 Å². The topological polar surface area (TPSA) is 59.5 Å². The van der Waals surface area contributed by atoms with Crippen LogP contribution in [0.4, 0.5) is 0 Å². The summed E-state index contributed by atoms with van der Waals surface area (Å²) in [5.74, 6) is -0.660. The van der Waals surface area contributed by atoms with Gasteiger partial charge in [-0.2, -0.15) is 0 Å². The summed E-state index contributed by atoms with van der Waals surface area (Å²) in [5.41, 5.74) is 0.253. The molecule has 2 rings (SSSR count). The minimum absolute atomic E-state index is 0.253. The van der Waals surface area contributed by atoms with Crippen LogP contribution in [0.1, 0.15) is 29.8 Å². The van der Waals surface area contributed by atoms with Crippen LogP contribution in [-0.2, 0) is 9.53 Å². The number of pyridine rings is 1. The van der Waals surface area contributed by atoms with E-state index in [1.807, 2.05) is 0 Å². The van der Waals surface area contributed by atoms with E-state index in [9.17, 15) is 9.59 Å². The largest absolute Gasteiger partial charge is 0.467 e. The van der Waals surface area contributed by atoms with Crippen molar-refractivity contribution in [2.45, 2.75) is 25.3 Å². The van der Waals surface area contributed by atoms with Gasteiger partial charge in [0.2, 0.25) is 0 Å². The van der Waals surface area contributed by atoms with Gasteiger partial charge in [-0.3, -0.25) is 4.79 Å². The number of hydrogen-bond donors (Lipinski definition) is 0. The Kier molecular flexibility index (Phi) is 4.37. The van der Waals surface area contributed by atoms with Gasteiger partial charge in [0.1, 0.15) is 16.9 Å². The van der Waals surface area contributed by atoms with E-state index in [1.54, 1.807) is 18.2 Å². The van der Waals surface area contributed by atoms with Gasteiger partial charge in [0, 0.05) is 6.54 Å². The maximum absolute atomic E-state index is 12.4. The molecule has 0 aromatic carbocycles. The molecule has 0 saturated carbocycles.